The van der Waals surface area contributed by atoms with Crippen molar-refractivity contribution < 1.29 is 14.3 Å². The minimum absolute atomic E-state index is 0.0259. The number of benzene rings is 2. The Morgan fingerprint density at radius 3 is 2.48 bits per heavy atom. The monoisotopic (exact) mass is 410 g/mol. The number of rotatable bonds is 7. The molecule has 2 aromatic carbocycles. The lowest BCUT2D eigenvalue weighted by Gasteiger charge is -2.38. The molecule has 1 atom stereocenters. The van der Waals surface area contributed by atoms with Gasteiger partial charge in [-0.1, -0.05) is 37.3 Å². The number of carbonyl (C=O) groups excluding carboxylic acids is 1. The Kier molecular flexibility index (Phi) is 6.54. The first-order valence-corrected chi connectivity index (χ1v) is 10.0. The Morgan fingerprint density at radius 2 is 1.86 bits per heavy atom. The zero-order valence-electron chi connectivity index (χ0n) is 17.2. The van der Waals surface area contributed by atoms with Gasteiger partial charge in [0.15, 0.2) is 10.9 Å². The molecule has 152 valence electrons. The van der Waals surface area contributed by atoms with Crippen molar-refractivity contribution in [3.8, 4) is 11.5 Å². The maximum Gasteiger partial charge on any atom is 0.193 e. The number of hydrogen-bond acceptors (Lipinski definition) is 4. The number of carbonyl (C=O) groups is 1. The summed E-state index contributed by atoms with van der Waals surface area (Å²) in [5, 5.41) is 3.98. The maximum atomic E-state index is 13.5. The van der Waals surface area contributed by atoms with E-state index >= 15 is 0 Å². The third kappa shape index (κ3) is 4.12. The van der Waals surface area contributed by atoms with Crippen LogP contribution in [0.3, 0.4) is 0 Å². The van der Waals surface area contributed by atoms with Gasteiger partial charge < -0.3 is 19.7 Å². The van der Waals surface area contributed by atoms with E-state index in [9.17, 15) is 4.79 Å². The summed E-state index contributed by atoms with van der Waals surface area (Å²) in [6, 6.07) is 14.5. The molecule has 0 fully saturated rings. The van der Waals surface area contributed by atoms with Gasteiger partial charge in [0.05, 0.1) is 20.3 Å². The minimum Gasteiger partial charge on any atom is -0.497 e. The molecule has 0 aromatic heterocycles. The predicted octanol–water partition coefficient (Wildman–Crippen LogP) is 4.50. The molecular weight excluding hydrogens is 384 g/mol. The van der Waals surface area contributed by atoms with Gasteiger partial charge in [-0.05, 0) is 37.7 Å². The Hall–Kier alpha value is -2.86. The predicted molar refractivity (Wildman–Crippen MR) is 118 cm³/mol. The molecule has 1 aliphatic heterocycles. The normalized spacial score (nSPS) is 16.5. The molecule has 0 bridgehead atoms. The molecule has 0 aliphatic carbocycles. The van der Waals surface area contributed by atoms with E-state index in [1.54, 1.807) is 14.2 Å². The number of methoxy groups -OCH3 is 2. The highest BCUT2D eigenvalue weighted by Gasteiger charge is 2.35. The molecule has 3 rings (SSSR count). The standard InChI is InChI=1S/C23H26N2O3S/c1-5-13-25-15(2)20(22(26)16-9-7-6-8-10-16)21(24-23(25)29)18-12-11-17(27-3)14-19(18)28-4/h6-12,14,21H,5,13H2,1-4H3,(H,24,29). The Bertz CT molecular complexity index is 940. The second-order valence-corrected chi connectivity index (χ2v) is 7.22. The molecule has 0 saturated heterocycles. The first-order chi connectivity index (χ1) is 14.0. The molecule has 0 spiro atoms. The largest absolute Gasteiger partial charge is 0.497 e. The van der Waals surface area contributed by atoms with Crippen LogP contribution in [0.4, 0.5) is 0 Å². The fourth-order valence-electron chi connectivity index (χ4n) is 3.60. The Labute approximate surface area is 177 Å². The van der Waals surface area contributed by atoms with Crippen LogP contribution in [0.5, 0.6) is 11.5 Å². The van der Waals surface area contributed by atoms with Crippen LogP contribution in [0, 0.1) is 0 Å². The van der Waals surface area contributed by atoms with Crippen LogP contribution in [0.25, 0.3) is 0 Å². The molecule has 2 aromatic rings. The van der Waals surface area contributed by atoms with Gasteiger partial charge in [0.25, 0.3) is 0 Å². The van der Waals surface area contributed by atoms with E-state index in [4.69, 9.17) is 21.7 Å². The highest BCUT2D eigenvalue weighted by Crippen LogP contribution is 2.38. The minimum atomic E-state index is -0.413. The number of nitrogens with zero attached hydrogens (tertiary/aromatic N) is 1. The van der Waals surface area contributed by atoms with E-state index < -0.39 is 6.04 Å². The van der Waals surface area contributed by atoms with Crippen molar-refractivity contribution in [3.05, 3.63) is 70.9 Å². The van der Waals surface area contributed by atoms with Crippen molar-refractivity contribution in [3.63, 3.8) is 0 Å². The molecule has 1 unspecified atom stereocenters. The SMILES string of the molecule is CCCN1C(=S)NC(c2ccc(OC)cc2OC)C(C(=O)c2ccccc2)=C1C. The van der Waals surface area contributed by atoms with E-state index in [1.807, 2.05) is 60.4 Å². The van der Waals surface area contributed by atoms with Crippen LogP contribution in [-0.2, 0) is 0 Å². The van der Waals surface area contributed by atoms with Gasteiger partial charge in [-0.15, -0.1) is 0 Å². The highest BCUT2D eigenvalue weighted by atomic mass is 32.1. The molecule has 0 amide bonds. The number of nitrogens with one attached hydrogen (secondary N) is 1. The number of allylic oxidation sites excluding steroid dienone is 1. The van der Waals surface area contributed by atoms with Gasteiger partial charge >= 0.3 is 0 Å². The van der Waals surface area contributed by atoms with Crippen LogP contribution >= 0.6 is 12.2 Å². The lowest BCUT2D eigenvalue weighted by atomic mass is 9.88. The summed E-state index contributed by atoms with van der Waals surface area (Å²) in [5.41, 5.74) is 3.02. The average Bonchev–Trinajstić information content (AvgIpc) is 2.76. The third-order valence-corrected chi connectivity index (χ3v) is 5.41. The zero-order chi connectivity index (χ0) is 21.0. The average molecular weight is 411 g/mol. The molecule has 1 aliphatic rings. The van der Waals surface area contributed by atoms with E-state index in [0.29, 0.717) is 27.7 Å². The summed E-state index contributed by atoms with van der Waals surface area (Å²) in [6.45, 7) is 4.80. The van der Waals surface area contributed by atoms with Gasteiger partial charge in [-0.25, -0.2) is 0 Å². The molecule has 0 radical (unpaired) electrons. The maximum absolute atomic E-state index is 13.5. The van der Waals surface area contributed by atoms with Crippen LogP contribution in [0.15, 0.2) is 59.8 Å². The van der Waals surface area contributed by atoms with Crippen LogP contribution in [0.1, 0.15) is 42.2 Å². The fraction of sp³-hybridized carbons (Fsp3) is 0.304. The van der Waals surface area contributed by atoms with Gasteiger partial charge in [0.1, 0.15) is 11.5 Å². The van der Waals surface area contributed by atoms with Crippen molar-refractivity contribution in [1.29, 1.82) is 0 Å². The summed E-state index contributed by atoms with van der Waals surface area (Å²) >= 11 is 5.63. The summed E-state index contributed by atoms with van der Waals surface area (Å²) in [4.78, 5) is 15.5. The Balaban J connectivity index is 2.16. The molecule has 5 nitrogen and oxygen atoms in total. The first-order valence-electron chi connectivity index (χ1n) is 9.62. The highest BCUT2D eigenvalue weighted by molar-refractivity contribution is 7.80. The van der Waals surface area contributed by atoms with E-state index in [-0.39, 0.29) is 5.78 Å². The van der Waals surface area contributed by atoms with Crippen molar-refractivity contribution >= 4 is 23.1 Å². The molecule has 1 N–H and O–H groups in total. The van der Waals surface area contributed by atoms with Crippen molar-refractivity contribution in [1.82, 2.24) is 10.2 Å². The lowest BCUT2D eigenvalue weighted by molar-refractivity contribution is 0.102. The summed E-state index contributed by atoms with van der Waals surface area (Å²) in [5.74, 6) is 1.30. The van der Waals surface area contributed by atoms with Gasteiger partial charge in [-0.2, -0.15) is 0 Å². The number of ether oxygens (including phenoxy) is 2. The first kappa shape index (κ1) is 20.9. The zero-order valence-corrected chi connectivity index (χ0v) is 18.0. The fourth-order valence-corrected chi connectivity index (χ4v) is 3.95. The van der Waals surface area contributed by atoms with E-state index in [0.717, 1.165) is 24.2 Å². The molecular formula is C23H26N2O3S. The number of ketones is 1. The summed E-state index contributed by atoms with van der Waals surface area (Å²) in [6.07, 6.45) is 0.919. The molecule has 29 heavy (non-hydrogen) atoms. The molecule has 6 heteroatoms. The van der Waals surface area contributed by atoms with Gasteiger partial charge in [0, 0.05) is 35.0 Å². The smallest absolute Gasteiger partial charge is 0.193 e. The quantitative estimate of drug-likeness (QED) is 0.536. The van der Waals surface area contributed by atoms with E-state index in [2.05, 4.69) is 12.2 Å². The lowest BCUT2D eigenvalue weighted by Crippen LogP contribution is -2.47. The van der Waals surface area contributed by atoms with Gasteiger partial charge in [0.2, 0.25) is 0 Å². The number of thiocarbonyl (C=S) groups is 1. The Morgan fingerprint density at radius 1 is 1.14 bits per heavy atom. The second kappa shape index (κ2) is 9.09. The van der Waals surface area contributed by atoms with E-state index in [1.165, 1.54) is 0 Å². The summed E-state index contributed by atoms with van der Waals surface area (Å²) < 4.78 is 10.9. The summed E-state index contributed by atoms with van der Waals surface area (Å²) in [7, 11) is 3.22. The molecule has 0 saturated carbocycles. The third-order valence-electron chi connectivity index (χ3n) is 5.08. The van der Waals surface area contributed by atoms with Gasteiger partial charge in [-0.3, -0.25) is 4.79 Å². The van der Waals surface area contributed by atoms with Crippen molar-refractivity contribution in [2.24, 2.45) is 0 Å². The topological polar surface area (TPSA) is 50.8 Å². The number of hydrogen-bond donors (Lipinski definition) is 1. The van der Waals surface area contributed by atoms with Crippen LogP contribution in [0.2, 0.25) is 0 Å². The van der Waals surface area contributed by atoms with Crippen LogP contribution < -0.4 is 14.8 Å². The van der Waals surface area contributed by atoms with Crippen LogP contribution in [-0.4, -0.2) is 36.6 Å². The second-order valence-electron chi connectivity index (χ2n) is 6.84. The van der Waals surface area contributed by atoms with Crippen molar-refractivity contribution in [2.45, 2.75) is 26.3 Å². The molecule has 1 heterocycles. The number of Topliss-reactive ketones (excluding diaryl/α,β-unsaturated/α-hetero) is 1. The van der Waals surface area contributed by atoms with Crippen molar-refractivity contribution in [2.75, 3.05) is 20.8 Å².